The quantitative estimate of drug-likeness (QED) is 0.753. The van der Waals surface area contributed by atoms with Crippen LogP contribution in [0.5, 0.6) is 5.75 Å². The van der Waals surface area contributed by atoms with Gasteiger partial charge in [-0.3, -0.25) is 4.90 Å². The van der Waals surface area contributed by atoms with Gasteiger partial charge in [-0.1, -0.05) is 12.1 Å². The number of methoxy groups -OCH3 is 1. The van der Waals surface area contributed by atoms with E-state index >= 15 is 0 Å². The Hall–Kier alpha value is -1.82. The van der Waals surface area contributed by atoms with Gasteiger partial charge < -0.3 is 19.0 Å². The monoisotopic (exact) mass is 347 g/mol. The highest BCUT2D eigenvalue weighted by Gasteiger charge is 2.18. The molecule has 1 heterocycles. The van der Waals surface area contributed by atoms with Crippen molar-refractivity contribution in [1.29, 1.82) is 0 Å². The summed E-state index contributed by atoms with van der Waals surface area (Å²) in [5.74, 6) is 1.71. The summed E-state index contributed by atoms with van der Waals surface area (Å²) in [7, 11) is 1.66. The number of nitrogens with zero attached hydrogens (tertiary/aromatic N) is 1. The molecule has 2 aromatic rings. The van der Waals surface area contributed by atoms with Gasteiger partial charge in [0.05, 0.1) is 38.2 Å². The molecular formula is C20H29NO4. The van der Waals surface area contributed by atoms with Crippen molar-refractivity contribution in [3.05, 3.63) is 54.0 Å². The van der Waals surface area contributed by atoms with Crippen molar-refractivity contribution in [2.75, 3.05) is 20.3 Å². The van der Waals surface area contributed by atoms with Crippen molar-refractivity contribution >= 4 is 0 Å². The van der Waals surface area contributed by atoms with Crippen LogP contribution in [0.3, 0.4) is 0 Å². The topological polar surface area (TPSA) is 55.1 Å². The van der Waals surface area contributed by atoms with Gasteiger partial charge in [0, 0.05) is 13.1 Å². The van der Waals surface area contributed by atoms with E-state index in [0.29, 0.717) is 26.2 Å². The molecule has 0 aliphatic heterocycles. The standard InChI is InChI=1S/C20H29NO4/c1-20(2,3)25-15-17(22)13-21(14-19-6-5-11-24-19)12-16-7-9-18(23-4)10-8-16/h5-11,17,22H,12-15H2,1-4H3/t17-/m0/s1. The number of aliphatic hydroxyl groups excluding tert-OH is 1. The second kappa shape index (κ2) is 9.04. The smallest absolute Gasteiger partial charge is 0.118 e. The maximum absolute atomic E-state index is 10.4. The summed E-state index contributed by atoms with van der Waals surface area (Å²) in [6.07, 6.45) is 1.10. The third-order valence-electron chi connectivity index (χ3n) is 3.70. The van der Waals surface area contributed by atoms with Crippen LogP contribution in [0.4, 0.5) is 0 Å². The zero-order valence-electron chi connectivity index (χ0n) is 15.6. The van der Waals surface area contributed by atoms with Gasteiger partial charge in [0.25, 0.3) is 0 Å². The number of aliphatic hydroxyl groups is 1. The Morgan fingerprint density at radius 3 is 2.40 bits per heavy atom. The number of ether oxygens (including phenoxy) is 2. The first-order valence-electron chi connectivity index (χ1n) is 8.55. The van der Waals surface area contributed by atoms with Crippen molar-refractivity contribution in [2.24, 2.45) is 0 Å². The molecule has 0 aliphatic rings. The van der Waals surface area contributed by atoms with Gasteiger partial charge in [-0.25, -0.2) is 0 Å². The van der Waals surface area contributed by atoms with Crippen LogP contribution in [-0.2, 0) is 17.8 Å². The first-order valence-corrected chi connectivity index (χ1v) is 8.55. The van der Waals surface area contributed by atoms with E-state index in [4.69, 9.17) is 13.9 Å². The van der Waals surface area contributed by atoms with Crippen LogP contribution in [0.2, 0.25) is 0 Å². The first kappa shape index (κ1) is 19.5. The molecule has 0 bridgehead atoms. The fourth-order valence-corrected chi connectivity index (χ4v) is 2.49. The number of furan rings is 1. The fourth-order valence-electron chi connectivity index (χ4n) is 2.49. The summed E-state index contributed by atoms with van der Waals surface area (Å²) >= 11 is 0. The SMILES string of the molecule is COc1ccc(CN(Cc2ccco2)C[C@H](O)COC(C)(C)C)cc1. The molecule has 1 atom stereocenters. The second-order valence-corrected chi connectivity index (χ2v) is 7.17. The summed E-state index contributed by atoms with van der Waals surface area (Å²) < 4.78 is 16.4. The van der Waals surface area contributed by atoms with Gasteiger partial charge >= 0.3 is 0 Å². The zero-order chi connectivity index (χ0) is 18.3. The van der Waals surface area contributed by atoms with Gasteiger partial charge in [-0.05, 0) is 50.6 Å². The lowest BCUT2D eigenvalue weighted by molar-refractivity contribution is -0.0576. The van der Waals surface area contributed by atoms with Gasteiger partial charge in [0.2, 0.25) is 0 Å². The van der Waals surface area contributed by atoms with Gasteiger partial charge in [0.1, 0.15) is 11.5 Å². The lowest BCUT2D eigenvalue weighted by Gasteiger charge is -2.27. The minimum Gasteiger partial charge on any atom is -0.497 e. The second-order valence-electron chi connectivity index (χ2n) is 7.17. The molecule has 0 amide bonds. The highest BCUT2D eigenvalue weighted by molar-refractivity contribution is 5.27. The van der Waals surface area contributed by atoms with E-state index in [2.05, 4.69) is 4.90 Å². The molecule has 1 aromatic heterocycles. The van der Waals surface area contributed by atoms with Crippen LogP contribution >= 0.6 is 0 Å². The molecule has 5 heteroatoms. The minimum absolute atomic E-state index is 0.261. The summed E-state index contributed by atoms with van der Waals surface area (Å²) in [4.78, 5) is 2.15. The van der Waals surface area contributed by atoms with E-state index in [1.165, 1.54) is 0 Å². The highest BCUT2D eigenvalue weighted by atomic mass is 16.5. The summed E-state index contributed by atoms with van der Waals surface area (Å²) in [5.41, 5.74) is 0.888. The molecule has 1 aromatic carbocycles. The van der Waals surface area contributed by atoms with Crippen LogP contribution in [-0.4, -0.2) is 42.0 Å². The molecular weight excluding hydrogens is 318 g/mol. The molecule has 0 spiro atoms. The van der Waals surface area contributed by atoms with E-state index in [9.17, 15) is 5.11 Å². The fraction of sp³-hybridized carbons (Fsp3) is 0.500. The van der Waals surface area contributed by atoms with Gasteiger partial charge in [-0.2, -0.15) is 0 Å². The Kier molecular flexibility index (Phi) is 7.05. The maximum Gasteiger partial charge on any atom is 0.118 e. The molecule has 0 unspecified atom stereocenters. The molecule has 0 saturated heterocycles. The minimum atomic E-state index is -0.563. The van der Waals surface area contributed by atoms with Crippen LogP contribution in [0, 0.1) is 0 Å². The average molecular weight is 347 g/mol. The Morgan fingerprint density at radius 1 is 1.12 bits per heavy atom. The largest absolute Gasteiger partial charge is 0.497 e. The Labute approximate surface area is 150 Å². The van der Waals surface area contributed by atoms with Crippen LogP contribution in [0.15, 0.2) is 47.1 Å². The number of rotatable bonds is 9. The van der Waals surface area contributed by atoms with Crippen LogP contribution in [0.1, 0.15) is 32.1 Å². The Balaban J connectivity index is 1.98. The molecule has 0 fully saturated rings. The third kappa shape index (κ3) is 7.30. The Morgan fingerprint density at radius 2 is 1.84 bits per heavy atom. The van der Waals surface area contributed by atoms with E-state index in [-0.39, 0.29) is 5.60 Å². The average Bonchev–Trinajstić information content (AvgIpc) is 3.06. The molecule has 5 nitrogen and oxygen atoms in total. The third-order valence-corrected chi connectivity index (χ3v) is 3.70. The molecule has 2 rings (SSSR count). The van der Waals surface area contributed by atoms with E-state index in [1.807, 2.05) is 57.2 Å². The number of hydrogen-bond donors (Lipinski definition) is 1. The molecule has 138 valence electrons. The van der Waals surface area contributed by atoms with E-state index < -0.39 is 6.10 Å². The zero-order valence-corrected chi connectivity index (χ0v) is 15.6. The molecule has 0 radical (unpaired) electrons. The predicted octanol–water partition coefficient (Wildman–Crippen LogP) is 3.47. The first-order chi connectivity index (χ1) is 11.9. The molecule has 0 saturated carbocycles. The van der Waals surface area contributed by atoms with Crippen molar-refractivity contribution in [1.82, 2.24) is 4.90 Å². The summed E-state index contributed by atoms with van der Waals surface area (Å²) in [6, 6.07) is 11.8. The van der Waals surface area contributed by atoms with Crippen LogP contribution < -0.4 is 4.74 Å². The van der Waals surface area contributed by atoms with Crippen LogP contribution in [0.25, 0.3) is 0 Å². The van der Waals surface area contributed by atoms with E-state index in [1.54, 1.807) is 13.4 Å². The van der Waals surface area contributed by atoms with Crippen molar-refractivity contribution in [2.45, 2.75) is 45.6 Å². The lowest BCUT2D eigenvalue weighted by Crippen LogP contribution is -2.36. The lowest BCUT2D eigenvalue weighted by atomic mass is 10.1. The molecule has 1 N–H and O–H groups in total. The normalized spacial score (nSPS) is 13.2. The maximum atomic E-state index is 10.4. The summed E-state index contributed by atoms with van der Waals surface area (Å²) in [6.45, 7) is 8.10. The van der Waals surface area contributed by atoms with Crippen molar-refractivity contribution in [3.8, 4) is 5.75 Å². The van der Waals surface area contributed by atoms with E-state index in [0.717, 1.165) is 17.1 Å². The Bertz CT molecular complexity index is 602. The number of benzene rings is 1. The predicted molar refractivity (Wildman–Crippen MR) is 97.5 cm³/mol. The molecule has 0 aliphatic carbocycles. The highest BCUT2D eigenvalue weighted by Crippen LogP contribution is 2.16. The van der Waals surface area contributed by atoms with Gasteiger partial charge in [-0.15, -0.1) is 0 Å². The van der Waals surface area contributed by atoms with Crippen molar-refractivity contribution in [3.63, 3.8) is 0 Å². The number of hydrogen-bond acceptors (Lipinski definition) is 5. The van der Waals surface area contributed by atoms with Crippen molar-refractivity contribution < 1.29 is 19.0 Å². The molecule has 25 heavy (non-hydrogen) atoms. The van der Waals surface area contributed by atoms with Gasteiger partial charge in [0.15, 0.2) is 0 Å². The summed E-state index contributed by atoms with van der Waals surface area (Å²) in [5, 5.41) is 10.4.